The Labute approximate surface area is 134 Å². The maximum absolute atomic E-state index is 11.8. The smallest absolute Gasteiger partial charge is 0.324 e. The Hall–Kier alpha value is -1.25. The summed E-state index contributed by atoms with van der Waals surface area (Å²) in [5.74, 6) is -1.09. The number of hydrogen-bond acceptors (Lipinski definition) is 6. The summed E-state index contributed by atoms with van der Waals surface area (Å²) in [6, 6.07) is 2.47. The summed E-state index contributed by atoms with van der Waals surface area (Å²) in [6.45, 7) is 4.76. The summed E-state index contributed by atoms with van der Waals surface area (Å²) in [6.07, 6.45) is 1.27. The number of sulfonamides is 1. The van der Waals surface area contributed by atoms with E-state index in [1.807, 2.05) is 19.9 Å². The molecule has 1 atom stereocenters. The summed E-state index contributed by atoms with van der Waals surface area (Å²) in [7, 11) is -3.51. The standard InChI is InChI=1S/C14H21NO5S2/c1-4-5-8-22(18,19)15-11(3)14(17)20-9-12(16)13-7-6-10(2)21-13/h6-7,11,15H,4-5,8-9H2,1-3H3/t11-/m0/s1. The first-order chi connectivity index (χ1) is 10.2. The molecule has 1 heterocycles. The van der Waals surface area contributed by atoms with Gasteiger partial charge in [0, 0.05) is 4.88 Å². The normalized spacial score (nSPS) is 12.9. The van der Waals surface area contributed by atoms with Gasteiger partial charge in [-0.1, -0.05) is 13.3 Å². The third-order valence-corrected chi connectivity index (χ3v) is 5.42. The Kier molecular flexibility index (Phi) is 7.18. The summed E-state index contributed by atoms with van der Waals surface area (Å²) >= 11 is 1.32. The van der Waals surface area contributed by atoms with Crippen LogP contribution in [-0.4, -0.2) is 38.6 Å². The maximum atomic E-state index is 11.8. The second-order valence-corrected chi connectivity index (χ2v) is 8.11. The molecule has 1 rings (SSSR count). The number of thiophene rings is 1. The topological polar surface area (TPSA) is 89.5 Å². The molecule has 0 radical (unpaired) electrons. The maximum Gasteiger partial charge on any atom is 0.324 e. The molecule has 6 nitrogen and oxygen atoms in total. The first kappa shape index (κ1) is 18.8. The zero-order valence-corrected chi connectivity index (χ0v) is 14.6. The average Bonchev–Trinajstić information content (AvgIpc) is 2.88. The van der Waals surface area contributed by atoms with E-state index in [4.69, 9.17) is 4.74 Å². The van der Waals surface area contributed by atoms with E-state index in [1.165, 1.54) is 18.3 Å². The highest BCUT2D eigenvalue weighted by Crippen LogP contribution is 2.15. The number of hydrogen-bond donors (Lipinski definition) is 1. The van der Waals surface area contributed by atoms with Crippen molar-refractivity contribution in [2.75, 3.05) is 12.4 Å². The molecule has 1 aromatic heterocycles. The highest BCUT2D eigenvalue weighted by Gasteiger charge is 2.22. The van der Waals surface area contributed by atoms with Crippen LogP contribution < -0.4 is 4.72 Å². The van der Waals surface area contributed by atoms with Gasteiger partial charge in [-0.2, -0.15) is 0 Å². The van der Waals surface area contributed by atoms with Gasteiger partial charge in [0.2, 0.25) is 15.8 Å². The molecular weight excluding hydrogens is 326 g/mol. The van der Waals surface area contributed by atoms with Crippen LogP contribution in [0.1, 0.15) is 41.2 Å². The van der Waals surface area contributed by atoms with Gasteiger partial charge in [-0.15, -0.1) is 11.3 Å². The highest BCUT2D eigenvalue weighted by atomic mass is 32.2. The third kappa shape index (κ3) is 6.25. The highest BCUT2D eigenvalue weighted by molar-refractivity contribution is 7.89. The van der Waals surface area contributed by atoms with Crippen molar-refractivity contribution in [3.05, 3.63) is 21.9 Å². The zero-order chi connectivity index (χ0) is 16.8. The van der Waals surface area contributed by atoms with Crippen molar-refractivity contribution < 1.29 is 22.7 Å². The van der Waals surface area contributed by atoms with Crippen LogP contribution in [0.4, 0.5) is 0 Å². The Morgan fingerprint density at radius 1 is 1.36 bits per heavy atom. The van der Waals surface area contributed by atoms with E-state index in [1.54, 1.807) is 6.07 Å². The Morgan fingerprint density at radius 3 is 2.59 bits per heavy atom. The number of ketones is 1. The number of nitrogens with one attached hydrogen (secondary N) is 1. The molecule has 0 aliphatic rings. The Balaban J connectivity index is 2.46. The molecular formula is C14H21NO5S2. The minimum absolute atomic E-state index is 0.0332. The number of rotatable bonds is 9. The molecule has 0 bridgehead atoms. The van der Waals surface area contributed by atoms with Gasteiger partial charge in [-0.3, -0.25) is 9.59 Å². The van der Waals surface area contributed by atoms with Crippen molar-refractivity contribution in [1.82, 2.24) is 4.72 Å². The molecule has 0 aromatic carbocycles. The Morgan fingerprint density at radius 2 is 2.05 bits per heavy atom. The van der Waals surface area contributed by atoms with Gasteiger partial charge in [0.15, 0.2) is 6.61 Å². The number of unbranched alkanes of at least 4 members (excludes halogenated alkanes) is 1. The molecule has 0 aliphatic heterocycles. The van der Waals surface area contributed by atoms with E-state index in [9.17, 15) is 18.0 Å². The van der Waals surface area contributed by atoms with Crippen LogP contribution >= 0.6 is 11.3 Å². The number of esters is 1. The molecule has 0 unspecified atom stereocenters. The average molecular weight is 347 g/mol. The summed E-state index contributed by atoms with van der Waals surface area (Å²) in [5.41, 5.74) is 0. The molecule has 0 fully saturated rings. The van der Waals surface area contributed by atoms with Crippen LogP contribution in [0.15, 0.2) is 12.1 Å². The van der Waals surface area contributed by atoms with Crippen LogP contribution in [0.3, 0.4) is 0 Å². The first-order valence-electron chi connectivity index (χ1n) is 7.01. The monoisotopic (exact) mass is 347 g/mol. The van der Waals surface area contributed by atoms with Crippen molar-refractivity contribution in [3.8, 4) is 0 Å². The molecule has 0 amide bonds. The van der Waals surface area contributed by atoms with Gasteiger partial charge in [0.25, 0.3) is 0 Å². The van der Waals surface area contributed by atoms with Crippen molar-refractivity contribution in [3.63, 3.8) is 0 Å². The van der Waals surface area contributed by atoms with Crippen molar-refractivity contribution in [2.45, 2.75) is 39.7 Å². The number of aryl methyl sites for hydroxylation is 1. The minimum Gasteiger partial charge on any atom is -0.456 e. The summed E-state index contributed by atoms with van der Waals surface area (Å²) < 4.78 is 30.5. The van der Waals surface area contributed by atoms with Gasteiger partial charge in [0.1, 0.15) is 6.04 Å². The molecule has 0 saturated heterocycles. The molecule has 124 valence electrons. The molecule has 1 N–H and O–H groups in total. The lowest BCUT2D eigenvalue weighted by Crippen LogP contribution is -2.41. The Bertz CT molecular complexity index is 621. The lowest BCUT2D eigenvalue weighted by atomic mass is 10.3. The molecule has 22 heavy (non-hydrogen) atoms. The summed E-state index contributed by atoms with van der Waals surface area (Å²) in [4.78, 5) is 25.1. The molecule has 8 heteroatoms. The second kappa shape index (κ2) is 8.40. The van der Waals surface area contributed by atoms with Crippen LogP contribution in [0.2, 0.25) is 0 Å². The molecule has 0 saturated carbocycles. The van der Waals surface area contributed by atoms with Gasteiger partial charge in [0.05, 0.1) is 10.6 Å². The molecule has 0 spiro atoms. The van der Waals surface area contributed by atoms with E-state index in [-0.39, 0.29) is 18.1 Å². The number of Topliss-reactive ketones (excluding diaryl/α,β-unsaturated/α-hetero) is 1. The zero-order valence-electron chi connectivity index (χ0n) is 12.9. The molecule has 1 aromatic rings. The van der Waals surface area contributed by atoms with E-state index >= 15 is 0 Å². The second-order valence-electron chi connectivity index (χ2n) is 4.95. The van der Waals surface area contributed by atoms with Gasteiger partial charge in [-0.05, 0) is 32.4 Å². The van der Waals surface area contributed by atoms with Gasteiger partial charge in [-0.25, -0.2) is 13.1 Å². The fourth-order valence-corrected chi connectivity index (χ4v) is 3.84. The molecule has 0 aliphatic carbocycles. The number of carbonyl (C=O) groups excluding carboxylic acids is 2. The predicted octanol–water partition coefficient (Wildman–Crippen LogP) is 1.89. The largest absolute Gasteiger partial charge is 0.456 e. The number of carbonyl (C=O) groups is 2. The third-order valence-electron chi connectivity index (χ3n) is 2.84. The van der Waals surface area contributed by atoms with Crippen molar-refractivity contribution in [2.24, 2.45) is 0 Å². The lowest BCUT2D eigenvalue weighted by molar-refractivity contribution is -0.144. The predicted molar refractivity (Wildman–Crippen MR) is 85.6 cm³/mol. The van der Waals surface area contributed by atoms with Crippen molar-refractivity contribution >= 4 is 33.1 Å². The van der Waals surface area contributed by atoms with Crippen LogP contribution in [0, 0.1) is 6.92 Å². The van der Waals surface area contributed by atoms with E-state index in [0.29, 0.717) is 11.3 Å². The fraction of sp³-hybridized carbons (Fsp3) is 0.571. The van der Waals surface area contributed by atoms with Gasteiger partial charge < -0.3 is 4.74 Å². The quantitative estimate of drug-likeness (QED) is 0.544. The summed E-state index contributed by atoms with van der Waals surface area (Å²) in [5, 5.41) is 0. The van der Waals surface area contributed by atoms with Crippen LogP contribution in [0.25, 0.3) is 0 Å². The van der Waals surface area contributed by atoms with E-state index in [2.05, 4.69) is 4.72 Å². The minimum atomic E-state index is -3.51. The SMILES string of the molecule is CCCCS(=O)(=O)N[C@@H](C)C(=O)OCC(=O)c1ccc(C)s1. The van der Waals surface area contributed by atoms with E-state index in [0.717, 1.165) is 11.3 Å². The lowest BCUT2D eigenvalue weighted by Gasteiger charge is -2.13. The van der Waals surface area contributed by atoms with E-state index < -0.39 is 22.0 Å². The van der Waals surface area contributed by atoms with Gasteiger partial charge >= 0.3 is 5.97 Å². The first-order valence-corrected chi connectivity index (χ1v) is 9.48. The van der Waals surface area contributed by atoms with Crippen molar-refractivity contribution in [1.29, 1.82) is 0 Å². The van der Waals surface area contributed by atoms with Crippen LogP contribution in [0.5, 0.6) is 0 Å². The number of ether oxygens (including phenoxy) is 1. The fourth-order valence-electron chi connectivity index (χ4n) is 1.63. The van der Waals surface area contributed by atoms with Crippen LogP contribution in [-0.2, 0) is 19.6 Å².